The molecular weight excluding hydrogens is 649 g/mol. The summed E-state index contributed by atoms with van der Waals surface area (Å²) in [6.45, 7) is 2.59. The average Bonchev–Trinajstić information content (AvgIpc) is 3.07. The lowest BCUT2D eigenvalue weighted by Crippen LogP contribution is -2.34. The summed E-state index contributed by atoms with van der Waals surface area (Å²) in [4.78, 5) is 45.6. The lowest BCUT2D eigenvalue weighted by molar-refractivity contribution is -0.161. The predicted molar refractivity (Wildman–Crippen MR) is 194 cm³/mol. The van der Waals surface area contributed by atoms with Crippen molar-refractivity contribution < 1.29 is 47.5 Å². The second kappa shape index (κ2) is 32.6. The third-order valence-corrected chi connectivity index (χ3v) is 8.29. The maximum atomic E-state index is 12.5. The van der Waals surface area contributed by atoms with Crippen molar-refractivity contribution in [1.29, 1.82) is 0 Å². The number of esters is 2. The monoisotopic (exact) mass is 713 g/mol. The molecule has 0 heterocycles. The number of carboxylic acids is 1. The van der Waals surface area contributed by atoms with Crippen LogP contribution in [0, 0.1) is 0 Å². The Morgan fingerprint density at radius 1 is 0.653 bits per heavy atom. The number of phosphoric ester groups is 1. The van der Waals surface area contributed by atoms with Crippen molar-refractivity contribution >= 4 is 25.7 Å². The van der Waals surface area contributed by atoms with Crippen LogP contribution in [0.15, 0.2) is 48.6 Å². The molecule has 0 aromatic heterocycles. The maximum absolute atomic E-state index is 12.5. The molecule has 0 bridgehead atoms. The molecular formula is C37H64NO10P. The molecule has 11 nitrogen and oxygen atoms in total. The van der Waals surface area contributed by atoms with Gasteiger partial charge >= 0.3 is 25.7 Å². The number of phosphoric acid groups is 1. The van der Waals surface area contributed by atoms with Crippen molar-refractivity contribution in [3.05, 3.63) is 48.6 Å². The molecule has 0 spiro atoms. The summed E-state index contributed by atoms with van der Waals surface area (Å²) in [7, 11) is -4.71. The van der Waals surface area contributed by atoms with Gasteiger partial charge in [-0.1, -0.05) is 120 Å². The minimum absolute atomic E-state index is 0.132. The van der Waals surface area contributed by atoms with Crippen LogP contribution in [0.4, 0.5) is 0 Å². The Labute approximate surface area is 295 Å². The van der Waals surface area contributed by atoms with Gasteiger partial charge in [0.25, 0.3) is 0 Å². The van der Waals surface area contributed by atoms with Crippen LogP contribution in [0.1, 0.15) is 136 Å². The molecule has 12 heteroatoms. The third-order valence-electron chi connectivity index (χ3n) is 7.34. The number of ether oxygens (including phenoxy) is 2. The van der Waals surface area contributed by atoms with Crippen LogP contribution >= 0.6 is 7.82 Å². The second-order valence-electron chi connectivity index (χ2n) is 12.0. The fraction of sp³-hybridized carbons (Fsp3) is 0.703. The molecule has 0 saturated heterocycles. The molecule has 282 valence electrons. The minimum Gasteiger partial charge on any atom is -0.480 e. The van der Waals surface area contributed by atoms with E-state index in [-0.39, 0.29) is 19.4 Å². The molecule has 0 saturated carbocycles. The Kier molecular flexibility index (Phi) is 30.9. The van der Waals surface area contributed by atoms with Gasteiger partial charge in [0.05, 0.1) is 13.2 Å². The van der Waals surface area contributed by atoms with Crippen LogP contribution in [-0.4, -0.2) is 59.9 Å². The van der Waals surface area contributed by atoms with Crippen molar-refractivity contribution in [3.63, 3.8) is 0 Å². The fourth-order valence-electron chi connectivity index (χ4n) is 4.47. The smallest absolute Gasteiger partial charge is 0.472 e. The summed E-state index contributed by atoms with van der Waals surface area (Å²) in [5, 5.41) is 8.84. The van der Waals surface area contributed by atoms with Crippen molar-refractivity contribution in [2.45, 2.75) is 148 Å². The van der Waals surface area contributed by atoms with E-state index < -0.39 is 51.1 Å². The van der Waals surface area contributed by atoms with E-state index in [1.165, 1.54) is 25.7 Å². The number of hydrogen-bond acceptors (Lipinski definition) is 9. The standard InChI is InChI=1S/C37H64NO10P/c1-3-5-7-9-11-13-14-15-16-17-18-19-20-21-23-25-27-29-36(40)48-33(31-46-49(43,44)47-32-34(38)37(41)42)30-45-35(39)28-26-24-22-12-10-8-6-4-2/h5,7,11,13,15-16,18-19,33-34H,3-4,6,8-10,12,14,17,20-32,38H2,1-2H3,(H,41,42)(H,43,44)/b7-5-,13-11-,16-15-,19-18-. The molecule has 0 fully saturated rings. The van der Waals surface area contributed by atoms with E-state index in [1.54, 1.807) is 0 Å². The van der Waals surface area contributed by atoms with E-state index >= 15 is 0 Å². The molecule has 0 aromatic rings. The molecule has 0 aliphatic heterocycles. The fourth-order valence-corrected chi connectivity index (χ4v) is 5.24. The Balaban J connectivity index is 4.48. The topological polar surface area (TPSA) is 172 Å². The van der Waals surface area contributed by atoms with Crippen LogP contribution in [-0.2, 0) is 37.5 Å². The second-order valence-corrected chi connectivity index (χ2v) is 13.4. The molecule has 3 atom stereocenters. The van der Waals surface area contributed by atoms with Crippen molar-refractivity contribution in [2.24, 2.45) is 5.73 Å². The van der Waals surface area contributed by atoms with Gasteiger partial charge in [-0.25, -0.2) is 4.57 Å². The highest BCUT2D eigenvalue weighted by atomic mass is 31.2. The van der Waals surface area contributed by atoms with Crippen molar-refractivity contribution in [2.75, 3.05) is 19.8 Å². The summed E-state index contributed by atoms with van der Waals surface area (Å²) in [5.41, 5.74) is 5.30. The molecule has 0 aliphatic carbocycles. The van der Waals surface area contributed by atoms with Gasteiger partial charge in [0.15, 0.2) is 6.10 Å². The number of hydrogen-bond donors (Lipinski definition) is 3. The van der Waals surface area contributed by atoms with Gasteiger partial charge in [-0.05, 0) is 51.4 Å². The zero-order valence-corrected chi connectivity index (χ0v) is 30.9. The van der Waals surface area contributed by atoms with Gasteiger partial charge in [0, 0.05) is 12.8 Å². The number of carboxylic acid groups (broad SMARTS) is 1. The van der Waals surface area contributed by atoms with Crippen LogP contribution in [0.5, 0.6) is 0 Å². The molecule has 3 unspecified atom stereocenters. The number of carbonyl (C=O) groups excluding carboxylic acids is 2. The molecule has 0 aliphatic rings. The number of allylic oxidation sites excluding steroid dienone is 8. The summed E-state index contributed by atoms with van der Waals surface area (Å²) >= 11 is 0. The quantitative estimate of drug-likeness (QED) is 0.0257. The predicted octanol–water partition coefficient (Wildman–Crippen LogP) is 8.66. The SMILES string of the molecule is CC/C=C\C/C=C\C/C=C\C/C=C\CCCCCCC(=O)OC(COC(=O)CCCCCCCCCC)COP(=O)(O)OCC(N)C(=O)O. The van der Waals surface area contributed by atoms with E-state index in [4.69, 9.17) is 24.8 Å². The molecule has 4 N–H and O–H groups in total. The van der Waals surface area contributed by atoms with E-state index in [9.17, 15) is 23.8 Å². The zero-order valence-electron chi connectivity index (χ0n) is 30.0. The van der Waals surface area contributed by atoms with Crippen LogP contribution in [0.25, 0.3) is 0 Å². The normalized spacial score (nSPS) is 14.5. The van der Waals surface area contributed by atoms with Crippen LogP contribution in [0.2, 0.25) is 0 Å². The van der Waals surface area contributed by atoms with Gasteiger partial charge < -0.3 is 25.2 Å². The Hall–Kier alpha value is -2.56. The van der Waals surface area contributed by atoms with E-state index in [0.29, 0.717) is 12.8 Å². The third kappa shape index (κ3) is 32.4. The van der Waals surface area contributed by atoms with Crippen LogP contribution in [0.3, 0.4) is 0 Å². The van der Waals surface area contributed by atoms with E-state index in [1.807, 2.05) is 0 Å². The van der Waals surface area contributed by atoms with E-state index in [2.05, 4.69) is 67.0 Å². The Morgan fingerprint density at radius 2 is 1.14 bits per heavy atom. The summed E-state index contributed by atoms with van der Waals surface area (Å²) in [5.74, 6) is -2.42. The first-order chi connectivity index (χ1) is 23.6. The molecule has 0 amide bonds. The summed E-state index contributed by atoms with van der Waals surface area (Å²) < 4.78 is 32.4. The number of nitrogens with two attached hydrogens (primary N) is 1. The first kappa shape index (κ1) is 46.4. The average molecular weight is 714 g/mol. The zero-order chi connectivity index (χ0) is 36.4. The first-order valence-corrected chi connectivity index (χ1v) is 19.7. The number of carbonyl (C=O) groups is 3. The number of rotatable bonds is 33. The van der Waals surface area contributed by atoms with Gasteiger partial charge in [0.1, 0.15) is 12.6 Å². The van der Waals surface area contributed by atoms with Gasteiger partial charge in [-0.2, -0.15) is 0 Å². The highest BCUT2D eigenvalue weighted by Crippen LogP contribution is 2.43. The minimum atomic E-state index is -4.71. The molecule has 49 heavy (non-hydrogen) atoms. The lowest BCUT2D eigenvalue weighted by Gasteiger charge is -2.20. The highest BCUT2D eigenvalue weighted by molar-refractivity contribution is 7.47. The molecule has 0 aromatic carbocycles. The number of unbranched alkanes of at least 4 members (excludes halogenated alkanes) is 11. The van der Waals surface area contributed by atoms with Crippen LogP contribution < -0.4 is 5.73 Å². The van der Waals surface area contributed by atoms with Crippen molar-refractivity contribution in [3.8, 4) is 0 Å². The van der Waals surface area contributed by atoms with Gasteiger partial charge in [0.2, 0.25) is 0 Å². The van der Waals surface area contributed by atoms with E-state index in [0.717, 1.165) is 70.6 Å². The largest absolute Gasteiger partial charge is 0.480 e. The molecule has 0 rings (SSSR count). The number of aliphatic carboxylic acids is 1. The van der Waals surface area contributed by atoms with Gasteiger partial charge in [-0.3, -0.25) is 23.4 Å². The lowest BCUT2D eigenvalue weighted by atomic mass is 10.1. The Bertz CT molecular complexity index is 1030. The van der Waals surface area contributed by atoms with Gasteiger partial charge in [-0.15, -0.1) is 0 Å². The summed E-state index contributed by atoms with van der Waals surface area (Å²) in [6.07, 6.45) is 33.4. The maximum Gasteiger partial charge on any atom is 0.472 e. The van der Waals surface area contributed by atoms with Crippen molar-refractivity contribution in [1.82, 2.24) is 0 Å². The molecule has 0 radical (unpaired) electrons. The highest BCUT2D eigenvalue weighted by Gasteiger charge is 2.28. The Morgan fingerprint density at radius 3 is 1.71 bits per heavy atom. The summed E-state index contributed by atoms with van der Waals surface area (Å²) in [6, 6.07) is -1.52. The first-order valence-electron chi connectivity index (χ1n) is 18.2.